The van der Waals surface area contributed by atoms with Gasteiger partial charge in [-0.25, -0.2) is 0 Å². The third kappa shape index (κ3) is 3.03. The van der Waals surface area contributed by atoms with Gasteiger partial charge in [0.1, 0.15) is 6.61 Å². The van der Waals surface area contributed by atoms with Crippen LogP contribution in [0.15, 0.2) is 36.5 Å². The predicted molar refractivity (Wildman–Crippen MR) is 106 cm³/mol. The Kier molecular flexibility index (Phi) is 4.30. The molecule has 1 N–H and O–H groups in total. The van der Waals surface area contributed by atoms with Crippen LogP contribution in [0, 0.1) is 11.3 Å². The summed E-state index contributed by atoms with van der Waals surface area (Å²) in [6, 6.07) is 11.7. The number of hydrogen-bond donors (Lipinski definition) is 1. The van der Waals surface area contributed by atoms with Crippen molar-refractivity contribution in [2.24, 2.45) is 0 Å². The van der Waals surface area contributed by atoms with Gasteiger partial charge in [-0.1, -0.05) is 6.07 Å². The number of benzene rings is 2. The Morgan fingerprint density at radius 1 is 1.11 bits per heavy atom. The predicted octanol–water partition coefficient (Wildman–Crippen LogP) is 3.69. The number of aromatic nitrogens is 2. The molecule has 0 aliphatic heterocycles. The molecule has 0 unspecified atom stereocenters. The first-order chi connectivity index (χ1) is 13.1. The fraction of sp³-hybridized carbons (Fsp3) is 0.238. The molecule has 0 aliphatic rings. The van der Waals surface area contributed by atoms with Crippen LogP contribution in [0.4, 0.5) is 0 Å². The van der Waals surface area contributed by atoms with E-state index in [0.29, 0.717) is 23.7 Å². The zero-order valence-electron chi connectivity index (χ0n) is 15.5. The van der Waals surface area contributed by atoms with Gasteiger partial charge in [0.2, 0.25) is 0 Å². The lowest BCUT2D eigenvalue weighted by Gasteiger charge is -2.14. The molecule has 6 nitrogen and oxygen atoms in total. The zero-order chi connectivity index (χ0) is 19.0. The minimum atomic E-state index is 0.570. The largest absolute Gasteiger partial charge is 0.493 e. The van der Waals surface area contributed by atoms with E-state index < -0.39 is 0 Å². The number of rotatable bonds is 5. The van der Waals surface area contributed by atoms with E-state index in [9.17, 15) is 0 Å². The number of ether oxygens (including phenoxy) is 2. The van der Waals surface area contributed by atoms with Crippen LogP contribution >= 0.6 is 0 Å². The smallest absolute Gasteiger partial charge is 0.163 e. The third-order valence-corrected chi connectivity index (χ3v) is 4.65. The first kappa shape index (κ1) is 17.1. The normalized spacial score (nSPS) is 11.4. The molecule has 136 valence electrons. The van der Waals surface area contributed by atoms with Crippen LogP contribution in [0.2, 0.25) is 0 Å². The van der Waals surface area contributed by atoms with Gasteiger partial charge in [-0.05, 0) is 32.3 Å². The summed E-state index contributed by atoms with van der Waals surface area (Å²) in [4.78, 5) is 10.1. The van der Waals surface area contributed by atoms with Crippen LogP contribution in [0.5, 0.6) is 11.5 Å². The summed E-state index contributed by atoms with van der Waals surface area (Å²) >= 11 is 0. The number of nitrogens with zero attached hydrogens (tertiary/aromatic N) is 3. The van der Waals surface area contributed by atoms with E-state index in [0.717, 1.165) is 39.3 Å². The molecule has 0 fully saturated rings. The lowest BCUT2D eigenvalue weighted by molar-refractivity contribution is 0.251. The Morgan fingerprint density at radius 2 is 1.96 bits per heavy atom. The summed E-state index contributed by atoms with van der Waals surface area (Å²) in [6.07, 6.45) is 1.86. The number of H-pyrrole nitrogens is 1. The molecule has 27 heavy (non-hydrogen) atoms. The van der Waals surface area contributed by atoms with E-state index >= 15 is 0 Å². The van der Waals surface area contributed by atoms with Gasteiger partial charge in [-0.3, -0.25) is 4.98 Å². The maximum Gasteiger partial charge on any atom is 0.163 e. The molecule has 0 bridgehead atoms. The van der Waals surface area contributed by atoms with Gasteiger partial charge in [-0.2, -0.15) is 5.26 Å². The van der Waals surface area contributed by atoms with Crippen LogP contribution < -0.4 is 9.47 Å². The number of likely N-dealkylation sites (N-methyl/N-ethyl adjacent to an activating group) is 1. The lowest BCUT2D eigenvalue weighted by Crippen LogP contribution is -2.19. The molecule has 0 radical (unpaired) electrons. The summed E-state index contributed by atoms with van der Waals surface area (Å²) in [5, 5.41) is 12.2. The molecule has 0 spiro atoms. The van der Waals surface area contributed by atoms with Gasteiger partial charge in [0.05, 0.1) is 29.8 Å². The average molecular weight is 360 g/mol. The summed E-state index contributed by atoms with van der Waals surface area (Å²) in [7, 11) is 5.65. The van der Waals surface area contributed by atoms with Crippen molar-refractivity contribution in [2.45, 2.75) is 0 Å². The molecule has 0 atom stereocenters. The lowest BCUT2D eigenvalue weighted by atomic mass is 10.1. The Bertz CT molecular complexity index is 1190. The molecule has 6 heteroatoms. The van der Waals surface area contributed by atoms with Crippen molar-refractivity contribution in [1.29, 1.82) is 5.26 Å². The monoisotopic (exact) mass is 360 g/mol. The molecular formula is C21H20N4O2. The summed E-state index contributed by atoms with van der Waals surface area (Å²) in [6.45, 7) is 1.39. The van der Waals surface area contributed by atoms with Crippen LogP contribution in [0.1, 0.15) is 5.56 Å². The fourth-order valence-corrected chi connectivity index (χ4v) is 3.24. The summed E-state index contributed by atoms with van der Waals surface area (Å²) < 4.78 is 11.4. The highest BCUT2D eigenvalue weighted by molar-refractivity contribution is 6.16. The van der Waals surface area contributed by atoms with Crippen molar-refractivity contribution in [2.75, 3.05) is 34.4 Å². The van der Waals surface area contributed by atoms with E-state index in [1.54, 1.807) is 7.11 Å². The van der Waals surface area contributed by atoms with E-state index in [1.807, 2.05) is 50.6 Å². The fourth-order valence-electron chi connectivity index (χ4n) is 3.24. The Morgan fingerprint density at radius 3 is 2.70 bits per heavy atom. The maximum atomic E-state index is 9.14. The molecule has 2 aromatic carbocycles. The standard InChI is InChI=1S/C21H20N4O2/c1-25(2)6-7-27-20-10-17-15(9-19(20)26-3)21-16(12-23-17)14-5-4-13(11-22)8-18(14)24-21/h4-5,8-10,12,24H,6-7H2,1-3H3. The van der Waals surface area contributed by atoms with Gasteiger partial charge in [0.25, 0.3) is 0 Å². The van der Waals surface area contributed by atoms with Crippen molar-refractivity contribution in [3.8, 4) is 17.6 Å². The van der Waals surface area contributed by atoms with Gasteiger partial charge in [0.15, 0.2) is 11.5 Å². The summed E-state index contributed by atoms with van der Waals surface area (Å²) in [5.74, 6) is 1.36. The van der Waals surface area contributed by atoms with Crippen molar-refractivity contribution in [3.63, 3.8) is 0 Å². The quantitative estimate of drug-likeness (QED) is 0.587. The third-order valence-electron chi connectivity index (χ3n) is 4.65. The zero-order valence-corrected chi connectivity index (χ0v) is 15.5. The van der Waals surface area contributed by atoms with E-state index in [-0.39, 0.29) is 0 Å². The molecule has 4 rings (SSSR count). The van der Waals surface area contributed by atoms with Gasteiger partial charge in [0, 0.05) is 40.5 Å². The molecule has 0 saturated heterocycles. The van der Waals surface area contributed by atoms with Gasteiger partial charge < -0.3 is 19.4 Å². The second-order valence-corrected chi connectivity index (χ2v) is 6.72. The number of methoxy groups -OCH3 is 1. The second kappa shape index (κ2) is 6.78. The van der Waals surface area contributed by atoms with Gasteiger partial charge in [-0.15, -0.1) is 0 Å². The SMILES string of the molecule is COc1cc2c(cc1OCCN(C)C)ncc1c3ccc(C#N)cc3[nH]c21. The number of hydrogen-bond acceptors (Lipinski definition) is 5. The number of aromatic amines is 1. The molecule has 0 saturated carbocycles. The second-order valence-electron chi connectivity index (χ2n) is 6.72. The number of nitrogens with one attached hydrogen (secondary N) is 1. The average Bonchev–Trinajstić information content (AvgIpc) is 3.05. The number of pyridine rings is 1. The molecular weight excluding hydrogens is 340 g/mol. The minimum absolute atomic E-state index is 0.570. The Balaban J connectivity index is 1.87. The molecule has 0 aliphatic carbocycles. The van der Waals surface area contributed by atoms with E-state index in [4.69, 9.17) is 14.7 Å². The van der Waals surface area contributed by atoms with Crippen molar-refractivity contribution < 1.29 is 9.47 Å². The van der Waals surface area contributed by atoms with Crippen LogP contribution in [0.25, 0.3) is 32.7 Å². The highest BCUT2D eigenvalue weighted by Crippen LogP contribution is 2.36. The Hall–Kier alpha value is -3.30. The van der Waals surface area contributed by atoms with E-state index in [1.165, 1.54) is 0 Å². The molecule has 2 heterocycles. The summed E-state index contributed by atoms with van der Waals surface area (Å²) in [5.41, 5.74) is 3.35. The number of fused-ring (bicyclic) bond motifs is 5. The van der Waals surface area contributed by atoms with E-state index in [2.05, 4.69) is 20.9 Å². The first-order valence-electron chi connectivity index (χ1n) is 8.70. The van der Waals surface area contributed by atoms with Crippen LogP contribution in [-0.2, 0) is 0 Å². The minimum Gasteiger partial charge on any atom is -0.493 e. The van der Waals surface area contributed by atoms with Crippen molar-refractivity contribution in [3.05, 3.63) is 42.1 Å². The number of nitriles is 1. The van der Waals surface area contributed by atoms with Crippen LogP contribution in [-0.4, -0.2) is 49.2 Å². The molecule has 0 amide bonds. The van der Waals surface area contributed by atoms with Crippen LogP contribution in [0.3, 0.4) is 0 Å². The molecule has 4 aromatic rings. The maximum absolute atomic E-state index is 9.14. The van der Waals surface area contributed by atoms with Crippen molar-refractivity contribution >= 4 is 32.7 Å². The highest BCUT2D eigenvalue weighted by atomic mass is 16.5. The van der Waals surface area contributed by atoms with Crippen molar-refractivity contribution in [1.82, 2.24) is 14.9 Å². The highest BCUT2D eigenvalue weighted by Gasteiger charge is 2.13. The topological polar surface area (TPSA) is 74.2 Å². The Labute approximate surface area is 156 Å². The van der Waals surface area contributed by atoms with Gasteiger partial charge >= 0.3 is 0 Å². The first-order valence-corrected chi connectivity index (χ1v) is 8.70. The molecule has 2 aromatic heterocycles.